The van der Waals surface area contributed by atoms with Crippen molar-refractivity contribution in [3.63, 3.8) is 0 Å². The van der Waals surface area contributed by atoms with Gasteiger partial charge in [-0.15, -0.1) is 0 Å². The second-order valence-corrected chi connectivity index (χ2v) is 5.97. The first-order chi connectivity index (χ1) is 10.5. The molecule has 0 spiro atoms. The fourth-order valence-electron chi connectivity index (χ4n) is 2.46. The summed E-state index contributed by atoms with van der Waals surface area (Å²) in [4.78, 5) is 17.1. The van der Waals surface area contributed by atoms with E-state index < -0.39 is 17.1 Å². The molecule has 0 aliphatic heterocycles. The molecule has 4 nitrogen and oxygen atoms in total. The Kier molecular flexibility index (Phi) is 3.66. The summed E-state index contributed by atoms with van der Waals surface area (Å²) in [5.74, 6) is -1.51. The Morgan fingerprint density at radius 2 is 2.14 bits per heavy atom. The molecular weight excluding hydrogens is 308 g/mol. The van der Waals surface area contributed by atoms with Gasteiger partial charge in [-0.25, -0.2) is 13.8 Å². The van der Waals surface area contributed by atoms with Gasteiger partial charge in [-0.05, 0) is 12.5 Å². The van der Waals surface area contributed by atoms with Crippen LogP contribution in [0.3, 0.4) is 0 Å². The van der Waals surface area contributed by atoms with Gasteiger partial charge in [0.25, 0.3) is 0 Å². The molecule has 0 aliphatic rings. The van der Waals surface area contributed by atoms with Crippen LogP contribution in [0.1, 0.15) is 13.3 Å². The molecule has 0 aliphatic carbocycles. The van der Waals surface area contributed by atoms with Gasteiger partial charge in [0.2, 0.25) is 0 Å². The van der Waals surface area contributed by atoms with Crippen molar-refractivity contribution in [2.45, 2.75) is 19.9 Å². The van der Waals surface area contributed by atoms with Gasteiger partial charge in [0.05, 0.1) is 21.3 Å². The number of benzene rings is 1. The van der Waals surface area contributed by atoms with Crippen molar-refractivity contribution in [1.29, 1.82) is 0 Å². The molecule has 7 heteroatoms. The molecule has 0 saturated carbocycles. The monoisotopic (exact) mass is 321 g/mol. The fraction of sp³-hybridized carbons (Fsp3) is 0.200. The van der Waals surface area contributed by atoms with Crippen LogP contribution >= 0.6 is 11.3 Å². The highest BCUT2D eigenvalue weighted by Crippen LogP contribution is 2.27. The van der Waals surface area contributed by atoms with Crippen molar-refractivity contribution in [2.24, 2.45) is 0 Å². The lowest BCUT2D eigenvalue weighted by molar-refractivity contribution is 0.581. The molecule has 0 bridgehead atoms. The number of halogens is 2. The predicted octanol–water partition coefficient (Wildman–Crippen LogP) is 3.40. The Balaban J connectivity index is 2.40. The highest BCUT2D eigenvalue weighted by Gasteiger charge is 2.16. The minimum atomic E-state index is -0.772. The third-order valence-corrected chi connectivity index (χ3v) is 4.20. The topological polar surface area (TPSA) is 60.9 Å². The summed E-state index contributed by atoms with van der Waals surface area (Å²) in [6.45, 7) is 2.45. The molecule has 3 aromatic rings. The van der Waals surface area contributed by atoms with E-state index in [0.29, 0.717) is 22.1 Å². The standard InChI is InChI=1S/C15H13F2N3OS/c1-2-3-20-7-10(12-6-19-15(18)22-12)14(21)9-4-8(16)5-11(17)13(9)20/h4-7H,2-3H2,1H3,(H2,18,19). The van der Waals surface area contributed by atoms with Crippen LogP contribution in [0, 0.1) is 11.6 Å². The molecule has 0 radical (unpaired) electrons. The van der Waals surface area contributed by atoms with Crippen molar-refractivity contribution < 1.29 is 8.78 Å². The van der Waals surface area contributed by atoms with Crippen molar-refractivity contribution in [3.05, 3.63) is 46.4 Å². The van der Waals surface area contributed by atoms with E-state index in [1.54, 1.807) is 10.8 Å². The summed E-state index contributed by atoms with van der Waals surface area (Å²) in [5.41, 5.74) is 5.64. The summed E-state index contributed by atoms with van der Waals surface area (Å²) in [7, 11) is 0. The van der Waals surface area contributed by atoms with Gasteiger partial charge < -0.3 is 10.3 Å². The summed E-state index contributed by atoms with van der Waals surface area (Å²) in [5, 5.41) is 0.359. The average Bonchev–Trinajstić information content (AvgIpc) is 2.88. The van der Waals surface area contributed by atoms with Gasteiger partial charge in [-0.1, -0.05) is 18.3 Å². The van der Waals surface area contributed by atoms with E-state index in [4.69, 9.17) is 5.73 Å². The predicted molar refractivity (Wildman–Crippen MR) is 83.9 cm³/mol. The lowest BCUT2D eigenvalue weighted by Crippen LogP contribution is -2.13. The molecule has 0 atom stereocenters. The third kappa shape index (κ3) is 2.37. The number of anilines is 1. The maximum absolute atomic E-state index is 14.1. The van der Waals surface area contributed by atoms with Crippen LogP contribution in [-0.4, -0.2) is 9.55 Å². The second kappa shape index (κ2) is 5.49. The Labute approximate surface area is 128 Å². The Bertz CT molecular complexity index is 917. The van der Waals surface area contributed by atoms with Crippen LogP contribution in [0.25, 0.3) is 21.3 Å². The van der Waals surface area contributed by atoms with Gasteiger partial charge in [0, 0.05) is 25.0 Å². The number of hydrogen-bond donors (Lipinski definition) is 1. The van der Waals surface area contributed by atoms with E-state index >= 15 is 0 Å². The number of nitrogen functional groups attached to an aromatic ring is 1. The highest BCUT2D eigenvalue weighted by atomic mass is 32.1. The molecule has 114 valence electrons. The third-order valence-electron chi connectivity index (χ3n) is 3.34. The number of aromatic nitrogens is 2. The summed E-state index contributed by atoms with van der Waals surface area (Å²) in [6, 6.07) is 1.86. The number of hydrogen-bond acceptors (Lipinski definition) is 4. The van der Waals surface area contributed by atoms with E-state index in [2.05, 4.69) is 4.98 Å². The molecule has 0 amide bonds. The maximum atomic E-state index is 14.1. The van der Waals surface area contributed by atoms with E-state index in [9.17, 15) is 13.6 Å². The number of pyridine rings is 1. The molecule has 0 unspecified atom stereocenters. The zero-order chi connectivity index (χ0) is 15.9. The molecule has 0 saturated heterocycles. The first kappa shape index (κ1) is 14.6. The number of fused-ring (bicyclic) bond motifs is 1. The van der Waals surface area contributed by atoms with Crippen LogP contribution in [0.15, 0.2) is 29.3 Å². The Morgan fingerprint density at radius 3 is 2.77 bits per heavy atom. The van der Waals surface area contributed by atoms with Crippen LogP contribution < -0.4 is 11.2 Å². The number of aryl methyl sites for hydroxylation is 1. The minimum absolute atomic E-state index is 0.0235. The van der Waals surface area contributed by atoms with E-state index in [1.165, 1.54) is 6.20 Å². The van der Waals surface area contributed by atoms with Crippen molar-refractivity contribution in [3.8, 4) is 10.4 Å². The molecule has 1 aromatic carbocycles. The SMILES string of the molecule is CCCn1cc(-c2cnc(N)s2)c(=O)c2cc(F)cc(F)c21. The van der Waals surface area contributed by atoms with Crippen molar-refractivity contribution >= 4 is 27.4 Å². The molecule has 2 aromatic heterocycles. The molecule has 2 N–H and O–H groups in total. The maximum Gasteiger partial charge on any atom is 0.198 e. The molecule has 3 rings (SSSR count). The number of rotatable bonds is 3. The van der Waals surface area contributed by atoms with Crippen molar-refractivity contribution in [2.75, 3.05) is 5.73 Å². The molecule has 22 heavy (non-hydrogen) atoms. The highest BCUT2D eigenvalue weighted by molar-refractivity contribution is 7.18. The number of nitrogens with zero attached hydrogens (tertiary/aromatic N) is 2. The normalized spacial score (nSPS) is 11.2. The van der Waals surface area contributed by atoms with Gasteiger partial charge >= 0.3 is 0 Å². The second-order valence-electron chi connectivity index (χ2n) is 4.91. The van der Waals surface area contributed by atoms with Crippen molar-refractivity contribution in [1.82, 2.24) is 9.55 Å². The smallest absolute Gasteiger partial charge is 0.198 e. The number of nitrogens with two attached hydrogens (primary N) is 1. The Hall–Kier alpha value is -2.28. The van der Waals surface area contributed by atoms with Gasteiger partial charge in [0.15, 0.2) is 16.4 Å². The van der Waals surface area contributed by atoms with Gasteiger partial charge in [-0.3, -0.25) is 4.79 Å². The first-order valence-corrected chi connectivity index (χ1v) is 7.56. The lowest BCUT2D eigenvalue weighted by atomic mass is 10.1. The van der Waals surface area contributed by atoms with Crippen LogP contribution in [0.4, 0.5) is 13.9 Å². The lowest BCUT2D eigenvalue weighted by Gasteiger charge is -2.13. The zero-order valence-electron chi connectivity index (χ0n) is 11.8. The summed E-state index contributed by atoms with van der Waals surface area (Å²) in [6.07, 6.45) is 3.83. The largest absolute Gasteiger partial charge is 0.375 e. The molecular formula is C15H13F2N3OS. The van der Waals surface area contributed by atoms with Crippen LogP contribution in [0.2, 0.25) is 0 Å². The van der Waals surface area contributed by atoms with Crippen LogP contribution in [-0.2, 0) is 6.54 Å². The molecule has 2 heterocycles. The quantitative estimate of drug-likeness (QED) is 0.804. The zero-order valence-corrected chi connectivity index (χ0v) is 12.6. The van der Waals surface area contributed by atoms with E-state index in [-0.39, 0.29) is 10.9 Å². The van der Waals surface area contributed by atoms with Crippen LogP contribution in [0.5, 0.6) is 0 Å². The Morgan fingerprint density at radius 1 is 1.36 bits per heavy atom. The van der Waals surface area contributed by atoms with E-state index in [0.717, 1.165) is 29.9 Å². The minimum Gasteiger partial charge on any atom is -0.375 e. The first-order valence-electron chi connectivity index (χ1n) is 6.75. The number of thiazole rings is 1. The fourth-order valence-corrected chi connectivity index (χ4v) is 3.15. The van der Waals surface area contributed by atoms with E-state index in [1.807, 2.05) is 6.92 Å². The van der Waals surface area contributed by atoms with Gasteiger partial charge in [0.1, 0.15) is 5.82 Å². The summed E-state index contributed by atoms with van der Waals surface area (Å²) < 4.78 is 29.3. The summed E-state index contributed by atoms with van der Waals surface area (Å²) >= 11 is 1.16. The van der Waals surface area contributed by atoms with Gasteiger partial charge in [-0.2, -0.15) is 0 Å². The molecule has 0 fully saturated rings. The average molecular weight is 321 g/mol.